The maximum atomic E-state index is 12.7. The fraction of sp³-hybridized carbons (Fsp3) is 0.333. The Morgan fingerprint density at radius 3 is 2.40 bits per heavy atom. The highest BCUT2D eigenvalue weighted by Crippen LogP contribution is 2.25. The molecule has 25 heavy (non-hydrogen) atoms. The van der Waals surface area contributed by atoms with Gasteiger partial charge in [-0.2, -0.15) is 0 Å². The summed E-state index contributed by atoms with van der Waals surface area (Å²) in [6, 6.07) is 16.7. The van der Waals surface area contributed by atoms with Crippen molar-refractivity contribution in [1.29, 1.82) is 0 Å². The van der Waals surface area contributed by atoms with Crippen molar-refractivity contribution in [2.45, 2.75) is 32.1 Å². The lowest BCUT2D eigenvalue weighted by Crippen LogP contribution is -2.27. The number of carbonyl (C=O) groups is 2. The molecule has 4 heteroatoms. The first-order chi connectivity index (χ1) is 12.1. The Bertz CT molecular complexity index is 737. The van der Waals surface area contributed by atoms with Gasteiger partial charge in [0.2, 0.25) is 5.91 Å². The quantitative estimate of drug-likeness (QED) is 0.895. The average Bonchev–Trinajstić information content (AvgIpc) is 2.68. The third-order valence-corrected chi connectivity index (χ3v) is 4.80. The molecule has 3 rings (SSSR count). The number of nitrogens with zero attached hydrogens (tertiary/aromatic N) is 1. The molecule has 2 aromatic carbocycles. The first-order valence-electron chi connectivity index (χ1n) is 8.89. The van der Waals surface area contributed by atoms with Crippen molar-refractivity contribution in [3.63, 3.8) is 0 Å². The zero-order valence-corrected chi connectivity index (χ0v) is 14.6. The lowest BCUT2D eigenvalue weighted by molar-refractivity contribution is -0.120. The number of rotatable bonds is 4. The van der Waals surface area contributed by atoms with Gasteiger partial charge in [-0.3, -0.25) is 9.59 Å². The smallest absolute Gasteiger partial charge is 0.258 e. The molecule has 1 aliphatic rings. The molecule has 1 aliphatic carbocycles. The second kappa shape index (κ2) is 7.97. The highest BCUT2D eigenvalue weighted by atomic mass is 16.2. The molecule has 0 aromatic heterocycles. The van der Waals surface area contributed by atoms with Gasteiger partial charge in [0, 0.05) is 29.9 Å². The molecule has 2 amide bonds. The molecule has 4 nitrogen and oxygen atoms in total. The van der Waals surface area contributed by atoms with E-state index in [-0.39, 0.29) is 17.7 Å². The first kappa shape index (κ1) is 17.2. The minimum atomic E-state index is -0.0973. The topological polar surface area (TPSA) is 49.4 Å². The van der Waals surface area contributed by atoms with Crippen molar-refractivity contribution in [1.82, 2.24) is 0 Å². The third-order valence-electron chi connectivity index (χ3n) is 4.80. The Labute approximate surface area is 148 Å². The van der Waals surface area contributed by atoms with Crippen LogP contribution in [0.3, 0.4) is 0 Å². The molecular weight excluding hydrogens is 312 g/mol. The van der Waals surface area contributed by atoms with Crippen LogP contribution >= 0.6 is 0 Å². The SMILES string of the molecule is CN(C(=O)c1cccc(NC(=O)C2CCCCC2)c1)c1ccccc1. The number of anilines is 2. The molecule has 0 aliphatic heterocycles. The number of amides is 2. The van der Waals surface area contributed by atoms with Crippen LogP contribution in [0.25, 0.3) is 0 Å². The van der Waals surface area contributed by atoms with Gasteiger partial charge in [0.25, 0.3) is 5.91 Å². The van der Waals surface area contributed by atoms with Crippen LogP contribution in [0.4, 0.5) is 11.4 Å². The zero-order chi connectivity index (χ0) is 17.6. The zero-order valence-electron chi connectivity index (χ0n) is 14.6. The minimum absolute atomic E-state index is 0.0701. The standard InChI is InChI=1S/C21H24N2O2/c1-23(19-13-6-3-7-14-19)21(25)17-11-8-12-18(15-17)22-20(24)16-9-4-2-5-10-16/h3,6-8,11-16H,2,4-5,9-10H2,1H3,(H,22,24). The summed E-state index contributed by atoms with van der Waals surface area (Å²) in [6.45, 7) is 0. The molecule has 1 N–H and O–H groups in total. The molecular formula is C21H24N2O2. The largest absolute Gasteiger partial charge is 0.326 e. The maximum absolute atomic E-state index is 12.7. The van der Waals surface area contributed by atoms with Gasteiger partial charge >= 0.3 is 0 Å². The van der Waals surface area contributed by atoms with Crippen molar-refractivity contribution in [2.75, 3.05) is 17.3 Å². The Kier molecular flexibility index (Phi) is 5.49. The fourth-order valence-electron chi connectivity index (χ4n) is 3.30. The van der Waals surface area contributed by atoms with Crippen LogP contribution < -0.4 is 10.2 Å². The van der Waals surface area contributed by atoms with Crippen LogP contribution in [0.2, 0.25) is 0 Å². The highest BCUT2D eigenvalue weighted by Gasteiger charge is 2.21. The van der Waals surface area contributed by atoms with Crippen LogP contribution in [-0.4, -0.2) is 18.9 Å². The molecule has 130 valence electrons. The summed E-state index contributed by atoms with van der Waals surface area (Å²) in [5.41, 5.74) is 2.08. The minimum Gasteiger partial charge on any atom is -0.326 e. The highest BCUT2D eigenvalue weighted by molar-refractivity contribution is 6.06. The number of para-hydroxylation sites is 1. The molecule has 1 fully saturated rings. The van der Waals surface area contributed by atoms with E-state index in [1.165, 1.54) is 6.42 Å². The number of hydrogen-bond donors (Lipinski definition) is 1. The average molecular weight is 336 g/mol. The summed E-state index contributed by atoms with van der Waals surface area (Å²) in [6.07, 6.45) is 5.39. The Hall–Kier alpha value is -2.62. The summed E-state index contributed by atoms with van der Waals surface area (Å²) in [5.74, 6) is 0.0702. The van der Waals surface area contributed by atoms with Crippen molar-refractivity contribution < 1.29 is 9.59 Å². The number of nitrogens with one attached hydrogen (secondary N) is 1. The molecule has 0 saturated heterocycles. The summed E-state index contributed by atoms with van der Waals surface area (Å²) in [7, 11) is 1.75. The van der Waals surface area contributed by atoms with E-state index in [9.17, 15) is 9.59 Å². The molecule has 0 unspecified atom stereocenters. The predicted octanol–water partition coefficient (Wildman–Crippen LogP) is 4.48. The van der Waals surface area contributed by atoms with Gasteiger partial charge < -0.3 is 10.2 Å². The summed E-state index contributed by atoms with van der Waals surface area (Å²) in [4.78, 5) is 26.7. The predicted molar refractivity (Wildman–Crippen MR) is 101 cm³/mol. The van der Waals surface area contributed by atoms with E-state index in [1.807, 2.05) is 42.5 Å². The van der Waals surface area contributed by atoms with Crippen molar-refractivity contribution in [3.05, 3.63) is 60.2 Å². The van der Waals surface area contributed by atoms with Gasteiger partial charge in [0.15, 0.2) is 0 Å². The van der Waals surface area contributed by atoms with Crippen molar-refractivity contribution in [2.24, 2.45) is 5.92 Å². The van der Waals surface area contributed by atoms with Crippen LogP contribution in [-0.2, 0) is 4.79 Å². The van der Waals surface area contributed by atoms with E-state index >= 15 is 0 Å². The number of hydrogen-bond acceptors (Lipinski definition) is 2. The van der Waals surface area contributed by atoms with E-state index < -0.39 is 0 Å². The first-order valence-corrected chi connectivity index (χ1v) is 8.89. The lowest BCUT2D eigenvalue weighted by Gasteiger charge is -2.21. The Morgan fingerprint density at radius 1 is 0.960 bits per heavy atom. The summed E-state index contributed by atoms with van der Waals surface area (Å²) < 4.78 is 0. The van der Waals surface area contributed by atoms with Gasteiger partial charge in [-0.25, -0.2) is 0 Å². The van der Waals surface area contributed by atoms with Crippen LogP contribution in [0.1, 0.15) is 42.5 Å². The molecule has 1 saturated carbocycles. The monoisotopic (exact) mass is 336 g/mol. The second-order valence-corrected chi connectivity index (χ2v) is 6.60. The Balaban J connectivity index is 1.70. The van der Waals surface area contributed by atoms with E-state index in [2.05, 4.69) is 5.32 Å². The van der Waals surface area contributed by atoms with E-state index in [0.29, 0.717) is 11.3 Å². The third kappa shape index (κ3) is 4.27. The lowest BCUT2D eigenvalue weighted by atomic mass is 9.88. The van der Waals surface area contributed by atoms with Gasteiger partial charge in [-0.15, -0.1) is 0 Å². The van der Waals surface area contributed by atoms with Gasteiger partial charge in [0.1, 0.15) is 0 Å². The maximum Gasteiger partial charge on any atom is 0.258 e. The van der Waals surface area contributed by atoms with E-state index in [4.69, 9.17) is 0 Å². The van der Waals surface area contributed by atoms with Gasteiger partial charge in [-0.1, -0.05) is 43.5 Å². The molecule has 0 atom stereocenters. The van der Waals surface area contributed by atoms with Crippen LogP contribution in [0.15, 0.2) is 54.6 Å². The van der Waals surface area contributed by atoms with Gasteiger partial charge in [-0.05, 0) is 43.2 Å². The van der Waals surface area contributed by atoms with Crippen LogP contribution in [0, 0.1) is 5.92 Å². The Morgan fingerprint density at radius 2 is 1.68 bits per heavy atom. The fourth-order valence-corrected chi connectivity index (χ4v) is 3.30. The molecule has 0 radical (unpaired) electrons. The van der Waals surface area contributed by atoms with Crippen LogP contribution in [0.5, 0.6) is 0 Å². The van der Waals surface area contributed by atoms with E-state index in [1.54, 1.807) is 24.1 Å². The normalized spacial score (nSPS) is 14.8. The second-order valence-electron chi connectivity index (χ2n) is 6.60. The number of benzene rings is 2. The molecule has 0 spiro atoms. The summed E-state index contributed by atoms with van der Waals surface area (Å²) >= 11 is 0. The molecule has 2 aromatic rings. The van der Waals surface area contributed by atoms with Crippen molar-refractivity contribution >= 4 is 23.2 Å². The van der Waals surface area contributed by atoms with E-state index in [0.717, 1.165) is 31.4 Å². The van der Waals surface area contributed by atoms with Crippen molar-refractivity contribution in [3.8, 4) is 0 Å². The molecule has 0 bridgehead atoms. The summed E-state index contributed by atoms with van der Waals surface area (Å²) in [5, 5.41) is 2.98. The number of carbonyl (C=O) groups excluding carboxylic acids is 2. The van der Waals surface area contributed by atoms with Gasteiger partial charge in [0.05, 0.1) is 0 Å². The molecule has 0 heterocycles.